The molecule has 0 saturated heterocycles. The van der Waals surface area contributed by atoms with Gasteiger partial charge in [-0.15, -0.1) is 0 Å². The minimum Gasteiger partial charge on any atom is -0.382 e. The third-order valence-electron chi connectivity index (χ3n) is 1.76. The van der Waals surface area contributed by atoms with Crippen LogP contribution in [0.2, 0.25) is 0 Å². The van der Waals surface area contributed by atoms with Gasteiger partial charge in [-0.1, -0.05) is 21.1 Å². The van der Waals surface area contributed by atoms with Gasteiger partial charge in [-0.2, -0.15) is 0 Å². The molecule has 0 aromatic heterocycles. The van der Waals surface area contributed by atoms with Gasteiger partial charge in [0.2, 0.25) is 0 Å². The monoisotopic (exact) mass is 322 g/mol. The van der Waals surface area contributed by atoms with Crippen molar-refractivity contribution in [1.82, 2.24) is 0 Å². The highest BCUT2D eigenvalue weighted by Crippen LogP contribution is 2.25. The summed E-state index contributed by atoms with van der Waals surface area (Å²) < 4.78 is 0. The van der Waals surface area contributed by atoms with E-state index in [1.54, 1.807) is 21.1 Å². The summed E-state index contributed by atoms with van der Waals surface area (Å²) in [6.07, 6.45) is 0. The van der Waals surface area contributed by atoms with Gasteiger partial charge in [0, 0.05) is 31.7 Å². The van der Waals surface area contributed by atoms with Gasteiger partial charge in [0.15, 0.2) is 5.78 Å². The summed E-state index contributed by atoms with van der Waals surface area (Å²) in [5.74, 6) is -0.248. The molecule has 0 aliphatic carbocycles. The van der Waals surface area contributed by atoms with Crippen molar-refractivity contribution in [2.45, 2.75) is 24.3 Å². The van der Waals surface area contributed by atoms with E-state index in [2.05, 4.69) is 21.2 Å². The summed E-state index contributed by atoms with van der Waals surface area (Å²) >= 11 is 2.18. The second-order valence-electron chi connectivity index (χ2n) is 3.49. The Kier molecular flexibility index (Phi) is 3.97. The molecule has 0 atom stereocenters. The normalized spacial score (nSPS) is 11.4. The average molecular weight is 322 g/mol. The summed E-state index contributed by atoms with van der Waals surface area (Å²) in [6.45, 7) is 2.99. The van der Waals surface area contributed by atoms with E-state index in [-0.39, 0.29) is 5.78 Å². The third kappa shape index (κ3) is 2.96. The summed E-state index contributed by atoms with van der Waals surface area (Å²) in [5, 5.41) is 9.51. The van der Waals surface area contributed by atoms with Gasteiger partial charge in [0.25, 0.3) is 0 Å². The molecule has 2 nitrogen and oxygen atoms in total. The Balaban J connectivity index is 2.93. The number of benzene rings is 1. The Morgan fingerprint density at radius 1 is 1.36 bits per heavy atom. The molecule has 0 saturated carbocycles. The number of ketones is 1. The smallest absolute Gasteiger partial charge is 0.193 e. The van der Waals surface area contributed by atoms with Crippen LogP contribution in [0.4, 0.5) is 0 Å². The molecule has 0 aliphatic rings. The lowest BCUT2D eigenvalue weighted by molar-refractivity contribution is 0.0488. The van der Waals surface area contributed by atoms with E-state index >= 15 is 0 Å². The summed E-state index contributed by atoms with van der Waals surface area (Å²) in [6, 6.07) is 7.22. The maximum absolute atomic E-state index is 11.6. The molecule has 0 amide bonds. The van der Waals surface area contributed by atoms with Crippen molar-refractivity contribution in [3.05, 3.63) is 29.8 Å². The van der Waals surface area contributed by atoms with Crippen LogP contribution in [0.5, 0.6) is 0 Å². The summed E-state index contributed by atoms with van der Waals surface area (Å²) in [4.78, 5) is 12.7. The minimum atomic E-state index is -1.29. The van der Waals surface area contributed by atoms with Gasteiger partial charge < -0.3 is 5.11 Å². The predicted octanol–water partition coefficient (Wildman–Crippen LogP) is 3.08. The SMILES string of the molecule is CC(C)(O)C(=O)c1ccc(SI)cc1. The van der Waals surface area contributed by atoms with Crippen LogP contribution in [0.1, 0.15) is 24.2 Å². The van der Waals surface area contributed by atoms with Crippen LogP contribution in [0, 0.1) is 0 Å². The number of hydrogen-bond acceptors (Lipinski definition) is 3. The molecule has 14 heavy (non-hydrogen) atoms. The molecule has 0 aliphatic heterocycles. The molecule has 1 aromatic rings. The minimum absolute atomic E-state index is 0.248. The molecule has 0 unspecified atom stereocenters. The first kappa shape index (κ1) is 12.0. The molecular formula is C10H11IO2S. The summed E-state index contributed by atoms with van der Waals surface area (Å²) in [7, 11) is 1.59. The molecule has 76 valence electrons. The number of carbonyl (C=O) groups is 1. The second kappa shape index (κ2) is 4.63. The molecule has 0 radical (unpaired) electrons. The van der Waals surface area contributed by atoms with Crippen molar-refractivity contribution in [1.29, 1.82) is 0 Å². The van der Waals surface area contributed by atoms with Crippen LogP contribution >= 0.6 is 30.1 Å². The zero-order chi connectivity index (χ0) is 10.8. The van der Waals surface area contributed by atoms with Crippen LogP contribution in [0.3, 0.4) is 0 Å². The molecular weight excluding hydrogens is 311 g/mol. The Bertz CT molecular complexity index is 327. The second-order valence-corrected chi connectivity index (χ2v) is 5.44. The standard InChI is InChI=1S/C10H11IO2S/c1-10(2,13)9(12)7-3-5-8(14-11)6-4-7/h3-6,13H,1-2H3. The van der Waals surface area contributed by atoms with Crippen LogP contribution in [0.25, 0.3) is 0 Å². The highest BCUT2D eigenvalue weighted by Gasteiger charge is 2.24. The van der Waals surface area contributed by atoms with Crippen molar-refractivity contribution in [2.75, 3.05) is 0 Å². The highest BCUT2D eigenvalue weighted by molar-refractivity contribution is 14.2. The van der Waals surface area contributed by atoms with E-state index in [4.69, 9.17) is 0 Å². The van der Waals surface area contributed by atoms with Crippen molar-refractivity contribution >= 4 is 35.9 Å². The van der Waals surface area contributed by atoms with Crippen molar-refractivity contribution < 1.29 is 9.90 Å². The maximum atomic E-state index is 11.6. The summed E-state index contributed by atoms with van der Waals surface area (Å²) in [5.41, 5.74) is -0.745. The van der Waals surface area contributed by atoms with Gasteiger partial charge in [-0.05, 0) is 26.0 Å². The fourth-order valence-corrected chi connectivity index (χ4v) is 2.13. The lowest BCUT2D eigenvalue weighted by Crippen LogP contribution is -2.30. The van der Waals surface area contributed by atoms with E-state index in [9.17, 15) is 9.90 Å². The zero-order valence-corrected chi connectivity index (χ0v) is 10.9. The zero-order valence-electron chi connectivity index (χ0n) is 7.95. The first-order valence-corrected chi connectivity index (χ1v) is 7.47. The molecule has 1 aromatic carbocycles. The largest absolute Gasteiger partial charge is 0.382 e. The number of rotatable bonds is 3. The Morgan fingerprint density at radius 2 is 1.86 bits per heavy atom. The van der Waals surface area contributed by atoms with E-state index < -0.39 is 5.60 Å². The van der Waals surface area contributed by atoms with E-state index in [1.165, 1.54) is 13.8 Å². The molecule has 4 heteroatoms. The van der Waals surface area contributed by atoms with Gasteiger partial charge in [0.1, 0.15) is 5.60 Å². The average Bonchev–Trinajstić information content (AvgIpc) is 2.15. The van der Waals surface area contributed by atoms with Gasteiger partial charge in [0.05, 0.1) is 0 Å². The quantitative estimate of drug-likeness (QED) is 0.686. The molecule has 1 rings (SSSR count). The molecule has 0 heterocycles. The van der Waals surface area contributed by atoms with Gasteiger partial charge >= 0.3 is 0 Å². The number of halogens is 1. The highest BCUT2D eigenvalue weighted by atomic mass is 127. The van der Waals surface area contributed by atoms with Crippen molar-refractivity contribution in [3.8, 4) is 0 Å². The Hall–Kier alpha value is -0.0700. The van der Waals surface area contributed by atoms with Crippen LogP contribution in [-0.2, 0) is 0 Å². The van der Waals surface area contributed by atoms with E-state index in [1.807, 2.05) is 12.1 Å². The maximum Gasteiger partial charge on any atom is 0.193 e. The lowest BCUT2D eigenvalue weighted by atomic mass is 9.97. The number of Topliss-reactive ketones (excluding diaryl/α,β-unsaturated/α-hetero) is 1. The molecule has 0 fully saturated rings. The first-order chi connectivity index (χ1) is 6.45. The van der Waals surface area contributed by atoms with Crippen molar-refractivity contribution in [3.63, 3.8) is 0 Å². The third-order valence-corrected chi connectivity index (χ3v) is 3.74. The number of carbonyl (C=O) groups excluding carboxylic acids is 1. The van der Waals surface area contributed by atoms with Crippen LogP contribution in [-0.4, -0.2) is 16.5 Å². The Labute approximate surface area is 99.7 Å². The first-order valence-electron chi connectivity index (χ1n) is 4.11. The number of aliphatic hydroxyl groups is 1. The molecule has 1 N–H and O–H groups in total. The van der Waals surface area contributed by atoms with E-state index in [0.29, 0.717) is 5.56 Å². The lowest BCUT2D eigenvalue weighted by Gasteiger charge is -2.15. The number of hydrogen-bond donors (Lipinski definition) is 1. The van der Waals surface area contributed by atoms with Gasteiger partial charge in [-0.25, -0.2) is 0 Å². The predicted molar refractivity (Wildman–Crippen MR) is 66.9 cm³/mol. The molecule has 0 spiro atoms. The van der Waals surface area contributed by atoms with Crippen LogP contribution < -0.4 is 0 Å². The fourth-order valence-electron chi connectivity index (χ4n) is 1.01. The van der Waals surface area contributed by atoms with Crippen LogP contribution in [0.15, 0.2) is 29.2 Å². The van der Waals surface area contributed by atoms with E-state index in [0.717, 1.165) is 4.90 Å². The topological polar surface area (TPSA) is 37.3 Å². The van der Waals surface area contributed by atoms with Crippen molar-refractivity contribution in [2.24, 2.45) is 0 Å². The Morgan fingerprint density at radius 3 is 2.21 bits per heavy atom. The fraction of sp³-hybridized carbons (Fsp3) is 0.300. The molecule has 0 bridgehead atoms. The van der Waals surface area contributed by atoms with Gasteiger partial charge in [-0.3, -0.25) is 4.79 Å².